The van der Waals surface area contributed by atoms with Gasteiger partial charge in [-0.2, -0.15) is 0 Å². The van der Waals surface area contributed by atoms with Crippen LogP contribution in [0.5, 0.6) is 5.75 Å². The maximum atomic E-state index is 12.2. The summed E-state index contributed by atoms with van der Waals surface area (Å²) < 4.78 is 10.4. The van der Waals surface area contributed by atoms with E-state index >= 15 is 0 Å². The molecule has 1 aliphatic heterocycles. The second-order valence-corrected chi connectivity index (χ2v) is 6.03. The molecule has 27 heavy (non-hydrogen) atoms. The largest absolute Gasteiger partial charge is 0.427 e. The highest BCUT2D eigenvalue weighted by molar-refractivity contribution is 6.17. The SMILES string of the molecule is CC(=O)Oc1ccc(/C=C2/N=C(c3cccc4ccccc34)OC2=O)cc1. The molecule has 5 nitrogen and oxygen atoms in total. The van der Waals surface area contributed by atoms with Gasteiger partial charge in [0.15, 0.2) is 5.70 Å². The van der Waals surface area contributed by atoms with Crippen molar-refractivity contribution in [2.45, 2.75) is 6.92 Å². The van der Waals surface area contributed by atoms with Crippen LogP contribution < -0.4 is 4.74 Å². The van der Waals surface area contributed by atoms with E-state index in [0.717, 1.165) is 21.9 Å². The molecule has 132 valence electrons. The third kappa shape index (κ3) is 3.48. The van der Waals surface area contributed by atoms with E-state index in [1.807, 2.05) is 42.5 Å². The molecule has 0 saturated carbocycles. The van der Waals surface area contributed by atoms with Crippen LogP contribution in [0.2, 0.25) is 0 Å². The number of carbonyl (C=O) groups excluding carboxylic acids is 2. The molecule has 3 aromatic rings. The van der Waals surface area contributed by atoms with Gasteiger partial charge in [-0.15, -0.1) is 0 Å². The van der Waals surface area contributed by atoms with Gasteiger partial charge in [0, 0.05) is 12.5 Å². The van der Waals surface area contributed by atoms with Crippen molar-refractivity contribution in [2.24, 2.45) is 4.99 Å². The zero-order chi connectivity index (χ0) is 18.8. The number of fused-ring (bicyclic) bond motifs is 1. The fourth-order valence-electron chi connectivity index (χ4n) is 2.89. The highest BCUT2D eigenvalue weighted by Crippen LogP contribution is 2.25. The van der Waals surface area contributed by atoms with Crippen LogP contribution in [0.4, 0.5) is 0 Å². The Hall–Kier alpha value is -3.73. The molecule has 0 fully saturated rings. The van der Waals surface area contributed by atoms with Gasteiger partial charge in [0.25, 0.3) is 0 Å². The molecule has 5 heteroatoms. The maximum absolute atomic E-state index is 12.2. The molecular weight excluding hydrogens is 342 g/mol. The minimum atomic E-state index is -0.498. The molecule has 3 aromatic carbocycles. The van der Waals surface area contributed by atoms with Crippen LogP contribution in [0, 0.1) is 0 Å². The summed E-state index contributed by atoms with van der Waals surface area (Å²) in [5.74, 6) is -0.148. The van der Waals surface area contributed by atoms with Gasteiger partial charge in [-0.25, -0.2) is 9.79 Å². The molecule has 1 aliphatic rings. The Morgan fingerprint density at radius 2 is 1.74 bits per heavy atom. The van der Waals surface area contributed by atoms with Crippen molar-refractivity contribution >= 4 is 34.7 Å². The van der Waals surface area contributed by atoms with Crippen LogP contribution in [0.3, 0.4) is 0 Å². The predicted octanol–water partition coefficient (Wildman–Crippen LogP) is 4.11. The number of esters is 2. The molecule has 1 heterocycles. The van der Waals surface area contributed by atoms with Crippen molar-refractivity contribution in [3.63, 3.8) is 0 Å². The summed E-state index contributed by atoms with van der Waals surface area (Å²) in [7, 11) is 0. The highest BCUT2D eigenvalue weighted by atomic mass is 16.6. The van der Waals surface area contributed by atoms with Crippen molar-refractivity contribution in [1.29, 1.82) is 0 Å². The summed E-state index contributed by atoms with van der Waals surface area (Å²) >= 11 is 0. The molecule has 0 unspecified atom stereocenters. The van der Waals surface area contributed by atoms with Crippen LogP contribution >= 0.6 is 0 Å². The minimum Gasteiger partial charge on any atom is -0.427 e. The Morgan fingerprint density at radius 1 is 1.00 bits per heavy atom. The van der Waals surface area contributed by atoms with Crippen LogP contribution in [0.25, 0.3) is 16.8 Å². The van der Waals surface area contributed by atoms with Crippen LogP contribution in [0.1, 0.15) is 18.1 Å². The van der Waals surface area contributed by atoms with E-state index in [9.17, 15) is 9.59 Å². The van der Waals surface area contributed by atoms with Crippen LogP contribution in [-0.2, 0) is 14.3 Å². The number of rotatable bonds is 3. The van der Waals surface area contributed by atoms with Gasteiger partial charge in [-0.1, -0.05) is 48.5 Å². The average Bonchev–Trinajstić information content (AvgIpc) is 3.03. The first kappa shape index (κ1) is 16.7. The van der Waals surface area contributed by atoms with E-state index in [0.29, 0.717) is 11.6 Å². The second kappa shape index (κ2) is 6.88. The van der Waals surface area contributed by atoms with E-state index in [1.165, 1.54) is 6.92 Å². The Labute approximate surface area is 155 Å². The fourth-order valence-corrected chi connectivity index (χ4v) is 2.89. The average molecular weight is 357 g/mol. The molecule has 0 N–H and O–H groups in total. The zero-order valence-corrected chi connectivity index (χ0v) is 14.5. The number of benzene rings is 3. The first-order valence-corrected chi connectivity index (χ1v) is 8.39. The van der Waals surface area contributed by atoms with Gasteiger partial charge in [-0.05, 0) is 40.6 Å². The summed E-state index contributed by atoms with van der Waals surface area (Å²) in [5.41, 5.74) is 1.74. The lowest BCUT2D eigenvalue weighted by molar-refractivity contribution is -0.132. The van der Waals surface area contributed by atoms with Crippen molar-refractivity contribution in [2.75, 3.05) is 0 Å². The standard InChI is InChI=1S/C22H15NO4/c1-14(24)26-17-11-9-15(10-12-17)13-20-22(25)27-21(23-20)19-8-4-6-16-5-2-3-7-18(16)19/h2-13H,1H3/b20-13+. The minimum absolute atomic E-state index is 0.221. The summed E-state index contributed by atoms with van der Waals surface area (Å²) in [5, 5.41) is 2.02. The monoisotopic (exact) mass is 357 g/mol. The number of cyclic esters (lactones) is 1. The highest BCUT2D eigenvalue weighted by Gasteiger charge is 2.25. The van der Waals surface area contributed by atoms with Gasteiger partial charge >= 0.3 is 11.9 Å². The first-order valence-electron chi connectivity index (χ1n) is 8.39. The first-order chi connectivity index (χ1) is 13.1. The molecular formula is C22H15NO4. The third-order valence-corrected chi connectivity index (χ3v) is 4.09. The summed E-state index contributed by atoms with van der Waals surface area (Å²) in [6, 6.07) is 20.4. The maximum Gasteiger partial charge on any atom is 0.363 e. The second-order valence-electron chi connectivity index (χ2n) is 6.03. The normalized spacial score (nSPS) is 14.9. The van der Waals surface area contributed by atoms with Crippen molar-refractivity contribution in [3.05, 3.63) is 83.6 Å². The van der Waals surface area contributed by atoms with Gasteiger partial charge in [0.2, 0.25) is 5.90 Å². The lowest BCUT2D eigenvalue weighted by atomic mass is 10.0. The van der Waals surface area contributed by atoms with Crippen molar-refractivity contribution < 1.29 is 19.1 Å². The molecule has 0 atom stereocenters. The third-order valence-electron chi connectivity index (χ3n) is 4.09. The Morgan fingerprint density at radius 3 is 2.52 bits per heavy atom. The van der Waals surface area contributed by atoms with Gasteiger partial charge in [0.05, 0.1) is 0 Å². The van der Waals surface area contributed by atoms with E-state index in [2.05, 4.69) is 4.99 Å². The van der Waals surface area contributed by atoms with E-state index in [1.54, 1.807) is 30.3 Å². The van der Waals surface area contributed by atoms with Gasteiger partial charge < -0.3 is 9.47 Å². The molecule has 0 amide bonds. The lowest BCUT2D eigenvalue weighted by Gasteiger charge is -2.04. The van der Waals surface area contributed by atoms with Gasteiger partial charge in [-0.3, -0.25) is 4.79 Å². The van der Waals surface area contributed by atoms with Crippen molar-refractivity contribution in [3.8, 4) is 5.75 Å². The molecule has 0 radical (unpaired) electrons. The topological polar surface area (TPSA) is 65.0 Å². The summed E-state index contributed by atoms with van der Waals surface area (Å²) in [6.45, 7) is 1.34. The molecule has 0 aliphatic carbocycles. The van der Waals surface area contributed by atoms with E-state index in [-0.39, 0.29) is 11.7 Å². The molecule has 0 bridgehead atoms. The van der Waals surface area contributed by atoms with E-state index in [4.69, 9.17) is 9.47 Å². The molecule has 0 spiro atoms. The number of carbonyl (C=O) groups is 2. The number of hydrogen-bond acceptors (Lipinski definition) is 5. The smallest absolute Gasteiger partial charge is 0.363 e. The molecule has 0 aromatic heterocycles. The summed E-state index contributed by atoms with van der Waals surface area (Å²) in [6.07, 6.45) is 1.64. The Balaban J connectivity index is 1.66. The van der Waals surface area contributed by atoms with Gasteiger partial charge in [0.1, 0.15) is 5.75 Å². The lowest BCUT2D eigenvalue weighted by Crippen LogP contribution is -2.05. The summed E-state index contributed by atoms with van der Waals surface area (Å²) in [4.78, 5) is 27.6. The van der Waals surface area contributed by atoms with Crippen LogP contribution in [-0.4, -0.2) is 17.8 Å². The molecule has 0 saturated heterocycles. The fraction of sp³-hybridized carbons (Fsp3) is 0.0455. The number of ether oxygens (including phenoxy) is 2. The van der Waals surface area contributed by atoms with E-state index < -0.39 is 5.97 Å². The zero-order valence-electron chi connectivity index (χ0n) is 14.5. The predicted molar refractivity (Wildman–Crippen MR) is 102 cm³/mol. The number of nitrogens with zero attached hydrogens (tertiary/aromatic N) is 1. The van der Waals surface area contributed by atoms with Crippen LogP contribution in [0.15, 0.2) is 77.4 Å². The number of aliphatic imine (C=N–C) groups is 1. The Kier molecular flexibility index (Phi) is 4.26. The Bertz CT molecular complexity index is 1110. The number of hydrogen-bond donors (Lipinski definition) is 0. The van der Waals surface area contributed by atoms with Crippen molar-refractivity contribution in [1.82, 2.24) is 0 Å². The molecule has 4 rings (SSSR count). The quantitative estimate of drug-likeness (QED) is 0.402.